The van der Waals surface area contributed by atoms with E-state index >= 15 is 0 Å². The molecule has 8 nitrogen and oxygen atoms in total. The van der Waals surface area contributed by atoms with Crippen LogP contribution in [0.4, 0.5) is 5.82 Å². The lowest BCUT2D eigenvalue weighted by Gasteiger charge is -2.05. The van der Waals surface area contributed by atoms with Crippen LogP contribution in [-0.2, 0) is 0 Å². The number of nitrogens with two attached hydrogens (primary N) is 1. The van der Waals surface area contributed by atoms with E-state index in [0.717, 1.165) is 25.7 Å². The van der Waals surface area contributed by atoms with Crippen LogP contribution in [0, 0.1) is 0 Å². The maximum absolute atomic E-state index is 13.0. The molecule has 0 saturated heterocycles. The van der Waals surface area contributed by atoms with Gasteiger partial charge in [-0.2, -0.15) is 9.78 Å². The number of nitrogens with one attached hydrogen (secondary N) is 1. The summed E-state index contributed by atoms with van der Waals surface area (Å²) in [6, 6.07) is 11.0. The second-order valence-corrected chi connectivity index (χ2v) is 7.03. The molecule has 4 rings (SSSR count). The summed E-state index contributed by atoms with van der Waals surface area (Å²) in [5.74, 6) is 0.478. The van der Waals surface area contributed by atoms with Gasteiger partial charge in [-0.1, -0.05) is 38.3 Å². The summed E-state index contributed by atoms with van der Waals surface area (Å²) in [7, 11) is 0. The molecule has 3 aromatic heterocycles. The van der Waals surface area contributed by atoms with E-state index in [1.807, 2.05) is 24.3 Å². The van der Waals surface area contributed by atoms with Crippen molar-refractivity contribution in [2.45, 2.75) is 32.6 Å². The van der Waals surface area contributed by atoms with Gasteiger partial charge >= 0.3 is 0 Å². The molecule has 0 bridgehead atoms. The van der Waals surface area contributed by atoms with Crippen LogP contribution in [0.5, 0.6) is 0 Å². The maximum Gasteiger partial charge on any atom is 0.257 e. The predicted octanol–water partition coefficient (Wildman–Crippen LogP) is 3.95. The Morgan fingerprint density at radius 1 is 1.17 bits per heavy atom. The summed E-state index contributed by atoms with van der Waals surface area (Å²) in [5.41, 5.74) is 8.87. The zero-order chi connectivity index (χ0) is 20.9. The average Bonchev–Trinajstić information content (AvgIpc) is 3.36. The number of amides is 1. The predicted molar refractivity (Wildman–Crippen MR) is 118 cm³/mol. The molecule has 4 aromatic rings. The minimum absolute atomic E-state index is 0.189. The van der Waals surface area contributed by atoms with Crippen LogP contribution in [0.25, 0.3) is 22.2 Å². The van der Waals surface area contributed by atoms with Crippen LogP contribution in [0.1, 0.15) is 48.7 Å². The molecule has 1 amide bonds. The smallest absolute Gasteiger partial charge is 0.257 e. The number of rotatable bonds is 8. The van der Waals surface area contributed by atoms with E-state index in [0.29, 0.717) is 34.5 Å². The summed E-state index contributed by atoms with van der Waals surface area (Å²) < 4.78 is 6.73. The minimum Gasteiger partial charge on any atom is -0.463 e. The number of nitrogen functional groups attached to an aromatic ring is 1. The van der Waals surface area contributed by atoms with Crippen molar-refractivity contribution in [3.05, 3.63) is 54.0 Å². The molecule has 154 valence electrons. The van der Waals surface area contributed by atoms with E-state index in [-0.39, 0.29) is 17.3 Å². The molecule has 0 unspecified atom stereocenters. The van der Waals surface area contributed by atoms with Crippen molar-refractivity contribution in [1.29, 1.82) is 0 Å². The van der Waals surface area contributed by atoms with E-state index in [4.69, 9.17) is 10.2 Å². The van der Waals surface area contributed by atoms with Gasteiger partial charge in [0.25, 0.3) is 5.91 Å². The van der Waals surface area contributed by atoms with Gasteiger partial charge in [0.15, 0.2) is 5.65 Å². The van der Waals surface area contributed by atoms with Gasteiger partial charge in [-0.25, -0.2) is 9.97 Å². The van der Waals surface area contributed by atoms with Crippen LogP contribution < -0.4 is 11.1 Å². The number of benzene rings is 1. The molecule has 3 N–H and O–H groups in total. The molecule has 30 heavy (non-hydrogen) atoms. The Morgan fingerprint density at radius 3 is 2.70 bits per heavy atom. The third-order valence-corrected chi connectivity index (χ3v) is 4.86. The normalized spacial score (nSPS) is 11.6. The van der Waals surface area contributed by atoms with E-state index in [2.05, 4.69) is 27.3 Å². The Kier molecular flexibility index (Phi) is 5.74. The first-order chi connectivity index (χ1) is 14.7. The fourth-order valence-corrected chi connectivity index (χ4v) is 3.31. The summed E-state index contributed by atoms with van der Waals surface area (Å²) in [6.07, 6.45) is 7.37. The highest BCUT2D eigenvalue weighted by Crippen LogP contribution is 2.27. The quantitative estimate of drug-likeness (QED) is 0.341. The van der Waals surface area contributed by atoms with Crippen molar-refractivity contribution in [2.24, 2.45) is 5.10 Å². The monoisotopic (exact) mass is 404 g/mol. The molecule has 1 aromatic carbocycles. The Morgan fingerprint density at radius 2 is 1.97 bits per heavy atom. The van der Waals surface area contributed by atoms with E-state index in [9.17, 15) is 4.79 Å². The number of aromatic nitrogens is 3. The summed E-state index contributed by atoms with van der Waals surface area (Å²) in [4.78, 5) is 22.3. The van der Waals surface area contributed by atoms with Gasteiger partial charge in [-0.3, -0.25) is 4.79 Å². The maximum atomic E-state index is 13.0. The Balaban J connectivity index is 1.75. The van der Waals surface area contributed by atoms with Crippen molar-refractivity contribution in [2.75, 3.05) is 12.3 Å². The number of hydrogen-bond donors (Lipinski definition) is 2. The lowest BCUT2D eigenvalue weighted by atomic mass is 10.2. The van der Waals surface area contributed by atoms with Gasteiger partial charge in [-0.05, 0) is 30.7 Å². The molecular formula is C22H24N6O2. The van der Waals surface area contributed by atoms with Crippen molar-refractivity contribution < 1.29 is 9.21 Å². The number of fused-ring (bicyclic) bond motifs is 2. The van der Waals surface area contributed by atoms with Crippen molar-refractivity contribution in [3.8, 4) is 0 Å². The van der Waals surface area contributed by atoms with Crippen molar-refractivity contribution in [3.63, 3.8) is 0 Å². The van der Waals surface area contributed by atoms with Crippen molar-refractivity contribution >= 4 is 40.1 Å². The van der Waals surface area contributed by atoms with Crippen LogP contribution in [-0.4, -0.2) is 33.3 Å². The first kappa shape index (κ1) is 19.6. The number of carbonyl (C=O) groups is 1. The molecule has 3 heterocycles. The van der Waals surface area contributed by atoms with Crippen LogP contribution >= 0.6 is 0 Å². The highest BCUT2D eigenvalue weighted by molar-refractivity contribution is 6.10. The number of para-hydroxylation sites is 2. The highest BCUT2D eigenvalue weighted by Gasteiger charge is 2.23. The lowest BCUT2D eigenvalue weighted by molar-refractivity contribution is 0.0955. The number of anilines is 1. The third-order valence-electron chi connectivity index (χ3n) is 4.86. The van der Waals surface area contributed by atoms with Gasteiger partial charge < -0.3 is 15.5 Å². The van der Waals surface area contributed by atoms with E-state index in [1.165, 1.54) is 10.9 Å². The molecule has 0 spiro atoms. The second kappa shape index (κ2) is 8.77. The van der Waals surface area contributed by atoms with Crippen LogP contribution in [0.3, 0.4) is 0 Å². The molecule has 8 heteroatoms. The molecule has 0 aliphatic rings. The summed E-state index contributed by atoms with van der Waals surface area (Å²) in [6.45, 7) is 2.74. The fourth-order valence-electron chi connectivity index (χ4n) is 3.31. The zero-order valence-electron chi connectivity index (χ0n) is 16.8. The average molecular weight is 404 g/mol. The SMILES string of the molecule is CCCCCCNC(=O)c1c(N)n(/N=C\c2ccco2)c2nc3ccccc3nc12. The topological polar surface area (TPSA) is 111 Å². The third kappa shape index (κ3) is 3.89. The fraction of sp³-hybridized carbons (Fsp3) is 0.273. The first-order valence-corrected chi connectivity index (χ1v) is 10.1. The van der Waals surface area contributed by atoms with Crippen LogP contribution in [0.2, 0.25) is 0 Å². The number of unbranched alkanes of at least 4 members (excludes halogenated alkanes) is 3. The number of hydrogen-bond acceptors (Lipinski definition) is 6. The van der Waals surface area contributed by atoms with Gasteiger partial charge in [-0.15, -0.1) is 0 Å². The van der Waals surface area contributed by atoms with Gasteiger partial charge in [0.2, 0.25) is 0 Å². The van der Waals surface area contributed by atoms with E-state index in [1.54, 1.807) is 18.4 Å². The van der Waals surface area contributed by atoms with Crippen LogP contribution in [0.15, 0.2) is 52.2 Å². The molecule has 0 atom stereocenters. The molecule has 0 radical (unpaired) electrons. The Labute approximate surface area is 173 Å². The zero-order valence-corrected chi connectivity index (χ0v) is 16.8. The lowest BCUT2D eigenvalue weighted by Crippen LogP contribution is -2.25. The Hall–Kier alpha value is -3.68. The van der Waals surface area contributed by atoms with Gasteiger partial charge in [0, 0.05) is 6.54 Å². The molecule has 0 fully saturated rings. The van der Waals surface area contributed by atoms with Gasteiger partial charge in [0.1, 0.15) is 22.7 Å². The molecule has 0 aliphatic heterocycles. The highest BCUT2D eigenvalue weighted by atomic mass is 16.3. The van der Waals surface area contributed by atoms with Gasteiger partial charge in [0.05, 0.1) is 23.5 Å². The molecule has 0 saturated carbocycles. The second-order valence-electron chi connectivity index (χ2n) is 7.03. The number of nitrogens with zero attached hydrogens (tertiary/aromatic N) is 4. The molecular weight excluding hydrogens is 380 g/mol. The van der Waals surface area contributed by atoms with E-state index < -0.39 is 0 Å². The minimum atomic E-state index is -0.273. The first-order valence-electron chi connectivity index (χ1n) is 10.1. The summed E-state index contributed by atoms with van der Waals surface area (Å²) in [5, 5.41) is 7.35. The summed E-state index contributed by atoms with van der Waals surface area (Å²) >= 11 is 0. The largest absolute Gasteiger partial charge is 0.463 e. The number of furan rings is 1. The molecule has 0 aliphatic carbocycles. The Bertz CT molecular complexity index is 1190. The number of carbonyl (C=O) groups excluding carboxylic acids is 1. The van der Waals surface area contributed by atoms with Crippen molar-refractivity contribution in [1.82, 2.24) is 20.0 Å². The standard InChI is InChI=1S/C22H24N6O2/c1-2-3-4-7-12-24-22(29)18-19-21(27-17-11-6-5-10-16(17)26-19)28(20(18)23)25-14-15-9-8-13-30-15/h5-6,8-11,13-14H,2-4,7,12,23H2,1H3,(H,24,29)/b25-14-.